The first-order valence-corrected chi connectivity index (χ1v) is 10.5. The van der Waals surface area contributed by atoms with Crippen molar-refractivity contribution in [2.45, 2.75) is 50.2 Å². The van der Waals surface area contributed by atoms with Gasteiger partial charge < -0.3 is 37.2 Å². The van der Waals surface area contributed by atoms with Crippen LogP contribution in [0.15, 0.2) is 24.3 Å². The van der Waals surface area contributed by atoms with Gasteiger partial charge in [-0.1, -0.05) is 12.1 Å². The highest BCUT2D eigenvalue weighted by molar-refractivity contribution is 5.93. The molecule has 8 N–H and O–H groups in total. The quantitative estimate of drug-likeness (QED) is 0.220. The minimum atomic E-state index is -1.12. The molecule has 0 bridgehead atoms. The molecule has 1 saturated heterocycles. The Morgan fingerprint density at radius 1 is 1.15 bits per heavy atom. The van der Waals surface area contributed by atoms with E-state index in [0.717, 1.165) is 0 Å². The Balaban J connectivity index is 2.05. The number of phenolic OH excluding ortho intramolecular Hbond substituents is 1. The van der Waals surface area contributed by atoms with Crippen LogP contribution in [0.3, 0.4) is 0 Å². The van der Waals surface area contributed by atoms with Crippen molar-refractivity contribution < 1.29 is 34.2 Å². The summed E-state index contributed by atoms with van der Waals surface area (Å²) in [6.07, 6.45) is 0.850. The van der Waals surface area contributed by atoms with Crippen LogP contribution in [0.25, 0.3) is 0 Å². The third-order valence-electron chi connectivity index (χ3n) is 5.29. The Hall–Kier alpha value is -3.67. The molecule has 0 radical (unpaired) electrons. The van der Waals surface area contributed by atoms with Crippen LogP contribution in [0.5, 0.6) is 5.75 Å². The number of amides is 4. The van der Waals surface area contributed by atoms with Crippen molar-refractivity contribution in [3.05, 3.63) is 29.8 Å². The van der Waals surface area contributed by atoms with Crippen molar-refractivity contribution in [3.63, 3.8) is 0 Å². The highest BCUT2D eigenvalue weighted by atomic mass is 16.4. The molecule has 1 heterocycles. The molecule has 12 nitrogen and oxygen atoms in total. The van der Waals surface area contributed by atoms with Gasteiger partial charge in [-0.05, 0) is 37.0 Å². The number of nitrogens with zero attached hydrogens (tertiary/aromatic N) is 1. The molecule has 3 atom stereocenters. The van der Waals surface area contributed by atoms with E-state index in [2.05, 4.69) is 10.6 Å². The molecule has 1 aromatic carbocycles. The minimum Gasteiger partial charge on any atom is -0.508 e. The highest BCUT2D eigenvalue weighted by Gasteiger charge is 2.37. The van der Waals surface area contributed by atoms with Gasteiger partial charge in [-0.15, -0.1) is 0 Å². The topological polar surface area (TPSA) is 205 Å². The number of hydrogen-bond donors (Lipinski definition) is 6. The van der Waals surface area contributed by atoms with E-state index < -0.39 is 54.3 Å². The van der Waals surface area contributed by atoms with E-state index in [0.29, 0.717) is 18.4 Å². The summed E-state index contributed by atoms with van der Waals surface area (Å²) < 4.78 is 0. The molecule has 180 valence electrons. The van der Waals surface area contributed by atoms with E-state index in [1.807, 2.05) is 0 Å². The molecular formula is C21H29N5O7. The van der Waals surface area contributed by atoms with E-state index in [-0.39, 0.29) is 31.6 Å². The van der Waals surface area contributed by atoms with Crippen LogP contribution in [0.2, 0.25) is 0 Å². The minimum absolute atomic E-state index is 0.0241. The molecule has 4 amide bonds. The number of carbonyl (C=O) groups excluding carboxylic acids is 4. The van der Waals surface area contributed by atoms with Gasteiger partial charge in [0.15, 0.2) is 0 Å². The highest BCUT2D eigenvalue weighted by Crippen LogP contribution is 2.20. The lowest BCUT2D eigenvalue weighted by atomic mass is 10.0. The number of aliphatic carboxylic acids is 1. The number of hydrogen-bond acceptors (Lipinski definition) is 7. The standard InChI is InChI=1S/C21H29N5O7/c22-14(7-8-17(23)28)19(30)24-11-18(29)25-15(10-12-3-5-13(27)6-4-12)20(31)26-9-1-2-16(26)21(32)33/h3-6,14-16,27H,1-2,7-11,22H2,(H2,23,28)(H,24,30)(H,25,29)(H,32,33). The fourth-order valence-corrected chi connectivity index (χ4v) is 3.53. The van der Waals surface area contributed by atoms with E-state index in [1.54, 1.807) is 12.1 Å². The molecule has 1 aliphatic heterocycles. The molecule has 0 spiro atoms. The van der Waals surface area contributed by atoms with Crippen molar-refractivity contribution in [2.24, 2.45) is 11.5 Å². The van der Waals surface area contributed by atoms with Gasteiger partial charge >= 0.3 is 5.97 Å². The Labute approximate surface area is 190 Å². The average molecular weight is 463 g/mol. The van der Waals surface area contributed by atoms with Crippen molar-refractivity contribution in [1.29, 1.82) is 0 Å². The summed E-state index contributed by atoms with van der Waals surface area (Å²) in [5.41, 5.74) is 11.3. The first-order valence-electron chi connectivity index (χ1n) is 10.5. The molecule has 0 aromatic heterocycles. The summed E-state index contributed by atoms with van der Waals surface area (Å²) in [4.78, 5) is 61.1. The first-order chi connectivity index (χ1) is 15.6. The van der Waals surface area contributed by atoms with Gasteiger partial charge in [-0.3, -0.25) is 19.2 Å². The smallest absolute Gasteiger partial charge is 0.326 e. The van der Waals surface area contributed by atoms with Crippen molar-refractivity contribution in [2.75, 3.05) is 13.1 Å². The fourth-order valence-electron chi connectivity index (χ4n) is 3.53. The van der Waals surface area contributed by atoms with Crippen molar-refractivity contribution in [3.8, 4) is 5.75 Å². The number of carbonyl (C=O) groups is 5. The number of aromatic hydroxyl groups is 1. The number of carboxylic acid groups (broad SMARTS) is 1. The number of primary amides is 1. The van der Waals surface area contributed by atoms with Crippen LogP contribution >= 0.6 is 0 Å². The van der Waals surface area contributed by atoms with Crippen molar-refractivity contribution in [1.82, 2.24) is 15.5 Å². The molecule has 1 aliphatic rings. The molecule has 12 heteroatoms. The predicted octanol–water partition coefficient (Wildman–Crippen LogP) is -1.80. The Bertz CT molecular complexity index is 889. The summed E-state index contributed by atoms with van der Waals surface area (Å²) in [5, 5.41) is 23.7. The molecule has 1 aromatic rings. The van der Waals surface area contributed by atoms with Crippen molar-refractivity contribution >= 4 is 29.6 Å². The van der Waals surface area contributed by atoms with Gasteiger partial charge in [-0.2, -0.15) is 0 Å². The maximum Gasteiger partial charge on any atom is 0.326 e. The molecule has 2 rings (SSSR count). The predicted molar refractivity (Wildman–Crippen MR) is 116 cm³/mol. The summed E-state index contributed by atoms with van der Waals surface area (Å²) >= 11 is 0. The summed E-state index contributed by atoms with van der Waals surface area (Å²) in [5.74, 6) is -3.56. The zero-order chi connectivity index (χ0) is 24.5. The van der Waals surface area contributed by atoms with Crippen LogP contribution in [0.1, 0.15) is 31.2 Å². The molecule has 0 aliphatic carbocycles. The Kier molecular flexibility index (Phi) is 9.16. The molecule has 33 heavy (non-hydrogen) atoms. The van der Waals surface area contributed by atoms with Crippen LogP contribution in [0, 0.1) is 0 Å². The van der Waals surface area contributed by atoms with Gasteiger partial charge in [0, 0.05) is 19.4 Å². The van der Waals surface area contributed by atoms with Crippen LogP contribution in [-0.4, -0.2) is 75.9 Å². The summed E-state index contributed by atoms with van der Waals surface area (Å²) in [7, 11) is 0. The Morgan fingerprint density at radius 2 is 1.82 bits per heavy atom. The monoisotopic (exact) mass is 463 g/mol. The van der Waals surface area contributed by atoms with Gasteiger partial charge in [0.2, 0.25) is 23.6 Å². The number of carboxylic acids is 1. The normalized spacial score (nSPS) is 17.1. The third kappa shape index (κ3) is 7.75. The SMILES string of the molecule is NC(=O)CCC(N)C(=O)NCC(=O)NC(Cc1ccc(O)cc1)C(=O)N1CCCC1C(=O)O. The maximum absolute atomic E-state index is 13.1. The number of phenols is 1. The lowest BCUT2D eigenvalue weighted by molar-refractivity contribution is -0.149. The Morgan fingerprint density at radius 3 is 2.42 bits per heavy atom. The second-order valence-electron chi connectivity index (χ2n) is 7.85. The fraction of sp³-hybridized carbons (Fsp3) is 0.476. The van der Waals surface area contributed by atoms with Gasteiger partial charge in [0.05, 0.1) is 12.6 Å². The van der Waals surface area contributed by atoms with E-state index in [4.69, 9.17) is 11.5 Å². The van der Waals surface area contributed by atoms with E-state index in [9.17, 15) is 34.2 Å². The average Bonchev–Trinajstić information content (AvgIpc) is 3.26. The zero-order valence-corrected chi connectivity index (χ0v) is 18.0. The number of benzene rings is 1. The first kappa shape index (κ1) is 25.6. The number of rotatable bonds is 11. The largest absolute Gasteiger partial charge is 0.508 e. The van der Waals surface area contributed by atoms with E-state index >= 15 is 0 Å². The van der Waals surface area contributed by atoms with Gasteiger partial charge in [0.25, 0.3) is 0 Å². The summed E-state index contributed by atoms with van der Waals surface area (Å²) in [6.45, 7) is -0.214. The van der Waals surface area contributed by atoms with Gasteiger partial charge in [0.1, 0.15) is 17.8 Å². The molecule has 0 saturated carbocycles. The van der Waals surface area contributed by atoms with Gasteiger partial charge in [-0.25, -0.2) is 4.79 Å². The third-order valence-corrected chi connectivity index (χ3v) is 5.29. The maximum atomic E-state index is 13.1. The lowest BCUT2D eigenvalue weighted by Crippen LogP contribution is -2.54. The van der Waals surface area contributed by atoms with E-state index in [1.165, 1.54) is 17.0 Å². The molecule has 1 fully saturated rings. The van der Waals surface area contributed by atoms with Crippen LogP contribution < -0.4 is 22.1 Å². The van der Waals surface area contributed by atoms with Crippen LogP contribution in [-0.2, 0) is 30.4 Å². The molecule has 3 unspecified atom stereocenters. The second-order valence-corrected chi connectivity index (χ2v) is 7.85. The lowest BCUT2D eigenvalue weighted by Gasteiger charge is -2.27. The second kappa shape index (κ2) is 11.8. The van der Waals surface area contributed by atoms with Crippen LogP contribution in [0.4, 0.5) is 0 Å². The number of nitrogens with two attached hydrogens (primary N) is 2. The number of likely N-dealkylation sites (tertiary alicyclic amines) is 1. The zero-order valence-electron chi connectivity index (χ0n) is 18.0. The number of nitrogens with one attached hydrogen (secondary N) is 2. The molecular weight excluding hydrogens is 434 g/mol. The summed E-state index contributed by atoms with van der Waals surface area (Å²) in [6, 6.07) is 2.95.